The van der Waals surface area contributed by atoms with Crippen LogP contribution in [-0.2, 0) is 0 Å². The molecule has 1 unspecified atom stereocenters. The lowest BCUT2D eigenvalue weighted by Crippen LogP contribution is -2.48. The number of amides is 1. The number of hydrogen-bond acceptors (Lipinski definition) is 4. The second kappa shape index (κ2) is 7.41. The predicted octanol–water partition coefficient (Wildman–Crippen LogP) is 2.07. The Morgan fingerprint density at radius 1 is 1.29 bits per heavy atom. The Kier molecular flexibility index (Phi) is 5.56. The molecule has 5 heteroatoms. The molecule has 116 valence electrons. The van der Waals surface area contributed by atoms with E-state index in [0.717, 1.165) is 44.8 Å². The number of nitrogens with zero attached hydrogens (tertiary/aromatic N) is 3. The molecule has 1 fully saturated rings. The number of piperazine rings is 1. The summed E-state index contributed by atoms with van der Waals surface area (Å²) in [4.78, 5) is 21.0. The van der Waals surface area contributed by atoms with Crippen molar-refractivity contribution in [3.63, 3.8) is 0 Å². The Labute approximate surface area is 127 Å². The summed E-state index contributed by atoms with van der Waals surface area (Å²) in [5.41, 5.74) is 1.59. The summed E-state index contributed by atoms with van der Waals surface area (Å²) in [7, 11) is 0. The van der Waals surface area contributed by atoms with E-state index in [1.54, 1.807) is 12.4 Å². The number of pyridine rings is 1. The van der Waals surface area contributed by atoms with Gasteiger partial charge in [0.15, 0.2) is 0 Å². The van der Waals surface area contributed by atoms with Crippen molar-refractivity contribution in [1.82, 2.24) is 14.8 Å². The molecule has 0 bridgehead atoms. The lowest BCUT2D eigenvalue weighted by molar-refractivity contribution is 0.0643. The van der Waals surface area contributed by atoms with Gasteiger partial charge in [-0.1, -0.05) is 13.8 Å². The molecule has 1 aliphatic heterocycles. The molecule has 2 rings (SSSR count). The van der Waals surface area contributed by atoms with Gasteiger partial charge in [-0.25, -0.2) is 0 Å². The largest absolute Gasteiger partial charge is 0.381 e. The van der Waals surface area contributed by atoms with Crippen molar-refractivity contribution in [2.75, 3.05) is 38.0 Å². The number of carbonyl (C=O) groups excluding carboxylic acids is 1. The first-order chi connectivity index (χ1) is 10.1. The molecule has 21 heavy (non-hydrogen) atoms. The third-order valence-electron chi connectivity index (χ3n) is 4.12. The van der Waals surface area contributed by atoms with E-state index in [4.69, 9.17) is 0 Å². The van der Waals surface area contributed by atoms with Crippen molar-refractivity contribution in [3.05, 3.63) is 24.0 Å². The Morgan fingerprint density at radius 2 is 2.00 bits per heavy atom. The van der Waals surface area contributed by atoms with Gasteiger partial charge in [-0.3, -0.25) is 9.78 Å². The van der Waals surface area contributed by atoms with Gasteiger partial charge < -0.3 is 15.1 Å². The summed E-state index contributed by atoms with van der Waals surface area (Å²) in [6.07, 6.45) is 4.48. The maximum atomic E-state index is 12.5. The average Bonchev–Trinajstić information content (AvgIpc) is 2.54. The summed E-state index contributed by atoms with van der Waals surface area (Å²) in [5.74, 6) is 0.0889. The summed E-state index contributed by atoms with van der Waals surface area (Å²) in [6.45, 7) is 11.0. The van der Waals surface area contributed by atoms with Crippen LogP contribution >= 0.6 is 0 Å². The van der Waals surface area contributed by atoms with Crippen molar-refractivity contribution < 1.29 is 4.79 Å². The molecule has 1 aromatic rings. The topological polar surface area (TPSA) is 48.5 Å². The number of anilines is 1. The second-order valence-corrected chi connectivity index (χ2v) is 5.64. The fourth-order valence-corrected chi connectivity index (χ4v) is 2.47. The zero-order valence-corrected chi connectivity index (χ0v) is 13.3. The highest BCUT2D eigenvalue weighted by atomic mass is 16.2. The van der Waals surface area contributed by atoms with Gasteiger partial charge in [0.05, 0.1) is 11.3 Å². The maximum Gasteiger partial charge on any atom is 0.255 e. The van der Waals surface area contributed by atoms with Crippen LogP contribution in [0.5, 0.6) is 0 Å². The lowest BCUT2D eigenvalue weighted by atomic mass is 10.2. The zero-order chi connectivity index (χ0) is 15.2. The molecule has 1 N–H and O–H groups in total. The van der Waals surface area contributed by atoms with Crippen molar-refractivity contribution in [2.45, 2.75) is 33.2 Å². The number of nitrogens with one attached hydrogen (secondary N) is 1. The molecule has 1 atom stereocenters. The minimum Gasteiger partial charge on any atom is -0.381 e. The van der Waals surface area contributed by atoms with E-state index in [2.05, 4.69) is 36.0 Å². The highest BCUT2D eigenvalue weighted by Crippen LogP contribution is 2.14. The Bertz CT molecular complexity index is 469. The molecule has 1 amide bonds. The maximum absolute atomic E-state index is 12.5. The van der Waals surface area contributed by atoms with Gasteiger partial charge in [0.1, 0.15) is 0 Å². The van der Waals surface area contributed by atoms with Crippen LogP contribution in [0.1, 0.15) is 37.6 Å². The van der Waals surface area contributed by atoms with Gasteiger partial charge in [0.25, 0.3) is 5.91 Å². The van der Waals surface area contributed by atoms with Crippen LogP contribution in [0, 0.1) is 0 Å². The third-order valence-corrected chi connectivity index (χ3v) is 4.12. The molecule has 2 heterocycles. The number of carbonyl (C=O) groups is 1. The smallest absolute Gasteiger partial charge is 0.255 e. The molecule has 0 aliphatic carbocycles. The summed E-state index contributed by atoms with van der Waals surface area (Å²) in [5, 5.41) is 3.36. The van der Waals surface area contributed by atoms with Gasteiger partial charge in [0, 0.05) is 44.6 Å². The second-order valence-electron chi connectivity index (χ2n) is 5.64. The molecule has 1 aromatic heterocycles. The van der Waals surface area contributed by atoms with Crippen LogP contribution in [0.15, 0.2) is 18.5 Å². The Morgan fingerprint density at radius 3 is 2.62 bits per heavy atom. The normalized spacial score (nSPS) is 17.6. The minimum absolute atomic E-state index is 0.0889. The van der Waals surface area contributed by atoms with Crippen LogP contribution in [0.3, 0.4) is 0 Å². The highest BCUT2D eigenvalue weighted by molar-refractivity contribution is 5.94. The SMILES string of the molecule is CCC(C)Nc1cncc(C(=O)N2CCN(CC)CC2)c1. The molecular formula is C16H26N4O. The molecule has 0 saturated carbocycles. The first-order valence-corrected chi connectivity index (χ1v) is 7.87. The van der Waals surface area contributed by atoms with Crippen LogP contribution in [0.4, 0.5) is 5.69 Å². The van der Waals surface area contributed by atoms with Crippen molar-refractivity contribution >= 4 is 11.6 Å². The number of rotatable bonds is 5. The fraction of sp³-hybridized carbons (Fsp3) is 0.625. The number of likely N-dealkylation sites (N-methyl/N-ethyl adjacent to an activating group) is 1. The van der Waals surface area contributed by atoms with Gasteiger partial charge >= 0.3 is 0 Å². The van der Waals surface area contributed by atoms with Crippen LogP contribution in [-0.4, -0.2) is 59.5 Å². The first-order valence-electron chi connectivity index (χ1n) is 7.87. The van der Waals surface area contributed by atoms with Gasteiger partial charge in [-0.15, -0.1) is 0 Å². The average molecular weight is 290 g/mol. The molecule has 1 aliphatic rings. The van der Waals surface area contributed by atoms with E-state index < -0.39 is 0 Å². The Hall–Kier alpha value is -1.62. The molecular weight excluding hydrogens is 264 g/mol. The van der Waals surface area contributed by atoms with E-state index >= 15 is 0 Å². The quantitative estimate of drug-likeness (QED) is 0.902. The summed E-state index contributed by atoms with van der Waals surface area (Å²) >= 11 is 0. The minimum atomic E-state index is 0.0889. The molecule has 0 spiro atoms. The number of aromatic nitrogens is 1. The van der Waals surface area contributed by atoms with Gasteiger partial charge in [-0.05, 0) is 26.0 Å². The predicted molar refractivity (Wildman–Crippen MR) is 85.6 cm³/mol. The Balaban J connectivity index is 2.01. The zero-order valence-electron chi connectivity index (χ0n) is 13.3. The number of hydrogen-bond donors (Lipinski definition) is 1. The van der Waals surface area contributed by atoms with Crippen molar-refractivity contribution in [2.24, 2.45) is 0 Å². The van der Waals surface area contributed by atoms with Crippen LogP contribution in [0.25, 0.3) is 0 Å². The summed E-state index contributed by atoms with van der Waals surface area (Å²) in [6, 6.07) is 2.29. The fourth-order valence-electron chi connectivity index (χ4n) is 2.47. The first kappa shape index (κ1) is 15.8. The highest BCUT2D eigenvalue weighted by Gasteiger charge is 2.21. The van der Waals surface area contributed by atoms with E-state index in [0.29, 0.717) is 11.6 Å². The van der Waals surface area contributed by atoms with Gasteiger partial charge in [0.2, 0.25) is 0 Å². The van der Waals surface area contributed by atoms with E-state index in [1.165, 1.54) is 0 Å². The molecule has 1 saturated heterocycles. The third kappa shape index (κ3) is 4.17. The lowest BCUT2D eigenvalue weighted by Gasteiger charge is -2.34. The van der Waals surface area contributed by atoms with Crippen molar-refractivity contribution in [3.8, 4) is 0 Å². The molecule has 0 radical (unpaired) electrons. The van der Waals surface area contributed by atoms with E-state index in [1.807, 2.05) is 11.0 Å². The monoisotopic (exact) mass is 290 g/mol. The molecule has 5 nitrogen and oxygen atoms in total. The van der Waals surface area contributed by atoms with Crippen LogP contribution < -0.4 is 5.32 Å². The standard InChI is InChI=1S/C16H26N4O/c1-4-13(3)18-15-10-14(11-17-12-15)16(21)20-8-6-19(5-2)7-9-20/h10-13,18H,4-9H2,1-3H3. The van der Waals surface area contributed by atoms with Crippen molar-refractivity contribution in [1.29, 1.82) is 0 Å². The van der Waals surface area contributed by atoms with Gasteiger partial charge in [-0.2, -0.15) is 0 Å². The van der Waals surface area contributed by atoms with E-state index in [9.17, 15) is 4.79 Å². The molecule has 0 aromatic carbocycles. The van der Waals surface area contributed by atoms with E-state index in [-0.39, 0.29) is 5.91 Å². The summed E-state index contributed by atoms with van der Waals surface area (Å²) < 4.78 is 0. The van der Waals surface area contributed by atoms with Crippen LogP contribution in [0.2, 0.25) is 0 Å².